The molecule has 3 rings (SSSR count). The number of nitro benzene ring substituents is 1. The molecule has 0 fully saturated rings. The van der Waals surface area contributed by atoms with Gasteiger partial charge in [0.25, 0.3) is 5.69 Å². The van der Waals surface area contributed by atoms with Crippen LogP contribution in [-0.4, -0.2) is 13.3 Å². The van der Waals surface area contributed by atoms with Crippen LogP contribution in [0.25, 0.3) is 0 Å². The van der Waals surface area contributed by atoms with Crippen molar-refractivity contribution in [2.45, 2.75) is 17.1 Å². The predicted octanol–water partition coefficient (Wildman–Crippen LogP) is 5.33. The molecule has 0 radical (unpaired) electrons. The first-order chi connectivity index (χ1) is 14.5. The molecule has 162 valence electrons. The van der Waals surface area contributed by atoms with E-state index in [0.717, 1.165) is 36.4 Å². The maximum Gasteiger partial charge on any atom is 0.416 e. The van der Waals surface area contributed by atoms with Crippen molar-refractivity contribution in [3.05, 3.63) is 105 Å². The number of halogens is 4. The quantitative estimate of drug-likeness (QED) is 0.389. The molecule has 31 heavy (non-hydrogen) atoms. The SMILES string of the molecule is O=[N+]([O-])c1ccc(S(=O)(=O)NC(c2ccc(Cl)cc2)c2ccc(C(F)(F)F)cc2)cc1. The highest BCUT2D eigenvalue weighted by Crippen LogP contribution is 2.32. The molecule has 3 aromatic rings. The van der Waals surface area contributed by atoms with Crippen LogP contribution in [0.4, 0.5) is 18.9 Å². The highest BCUT2D eigenvalue weighted by atomic mass is 35.5. The molecule has 1 N–H and O–H groups in total. The highest BCUT2D eigenvalue weighted by molar-refractivity contribution is 7.89. The number of non-ortho nitro benzene ring substituents is 1. The highest BCUT2D eigenvalue weighted by Gasteiger charge is 2.31. The van der Waals surface area contributed by atoms with Gasteiger partial charge >= 0.3 is 6.18 Å². The van der Waals surface area contributed by atoms with E-state index in [1.165, 1.54) is 24.3 Å². The minimum absolute atomic E-state index is 0.232. The van der Waals surface area contributed by atoms with Gasteiger partial charge in [0, 0.05) is 17.2 Å². The van der Waals surface area contributed by atoms with Crippen LogP contribution in [0.5, 0.6) is 0 Å². The Hall–Kier alpha value is -2.95. The minimum Gasteiger partial charge on any atom is -0.258 e. The molecular formula is C20H14ClF3N2O4S. The van der Waals surface area contributed by atoms with Gasteiger partial charge in [0.05, 0.1) is 21.4 Å². The zero-order chi connectivity index (χ0) is 22.8. The first kappa shape index (κ1) is 22.7. The fraction of sp³-hybridized carbons (Fsp3) is 0.100. The Morgan fingerprint density at radius 2 is 1.35 bits per heavy atom. The third-order valence-corrected chi connectivity index (χ3v) is 6.10. The summed E-state index contributed by atoms with van der Waals surface area (Å²) in [6.07, 6.45) is -4.54. The molecule has 0 spiro atoms. The van der Waals surface area contributed by atoms with Crippen LogP contribution in [0.2, 0.25) is 5.02 Å². The Labute approximate surface area is 180 Å². The molecule has 0 aliphatic rings. The second kappa shape index (κ2) is 8.66. The Morgan fingerprint density at radius 1 is 0.871 bits per heavy atom. The van der Waals surface area contributed by atoms with E-state index in [4.69, 9.17) is 11.6 Å². The van der Waals surface area contributed by atoms with Gasteiger partial charge in [0.1, 0.15) is 0 Å². The van der Waals surface area contributed by atoms with Crippen LogP contribution in [0.1, 0.15) is 22.7 Å². The van der Waals surface area contributed by atoms with Crippen molar-refractivity contribution < 1.29 is 26.5 Å². The van der Waals surface area contributed by atoms with Gasteiger partial charge < -0.3 is 0 Å². The monoisotopic (exact) mass is 470 g/mol. The summed E-state index contributed by atoms with van der Waals surface area (Å²) in [6.45, 7) is 0. The number of hydrogen-bond donors (Lipinski definition) is 1. The number of hydrogen-bond acceptors (Lipinski definition) is 4. The van der Waals surface area contributed by atoms with Crippen LogP contribution in [-0.2, 0) is 16.2 Å². The lowest BCUT2D eigenvalue weighted by Crippen LogP contribution is -2.29. The molecule has 11 heteroatoms. The first-order valence-electron chi connectivity index (χ1n) is 8.67. The average Bonchev–Trinajstić information content (AvgIpc) is 2.72. The number of alkyl halides is 3. The van der Waals surface area contributed by atoms with Gasteiger partial charge in [-0.2, -0.15) is 17.9 Å². The first-order valence-corrected chi connectivity index (χ1v) is 10.5. The lowest BCUT2D eigenvalue weighted by molar-refractivity contribution is -0.384. The summed E-state index contributed by atoms with van der Waals surface area (Å²) in [7, 11) is -4.17. The summed E-state index contributed by atoms with van der Waals surface area (Å²) in [4.78, 5) is 9.89. The Bertz CT molecular complexity index is 1180. The van der Waals surface area contributed by atoms with Crippen molar-refractivity contribution in [2.75, 3.05) is 0 Å². The lowest BCUT2D eigenvalue weighted by Gasteiger charge is -2.20. The van der Waals surface area contributed by atoms with Crippen molar-refractivity contribution in [2.24, 2.45) is 0 Å². The van der Waals surface area contributed by atoms with Crippen molar-refractivity contribution in [1.29, 1.82) is 0 Å². The molecule has 0 saturated carbocycles. The molecule has 6 nitrogen and oxygen atoms in total. The van der Waals surface area contributed by atoms with Crippen molar-refractivity contribution in [3.63, 3.8) is 0 Å². The normalized spacial score (nSPS) is 13.0. The van der Waals surface area contributed by atoms with Gasteiger partial charge in [-0.3, -0.25) is 10.1 Å². The largest absolute Gasteiger partial charge is 0.416 e. The molecule has 0 aliphatic carbocycles. The third kappa shape index (κ3) is 5.40. The molecule has 0 amide bonds. The van der Waals surface area contributed by atoms with Crippen molar-refractivity contribution in [1.82, 2.24) is 4.72 Å². The number of nitrogens with zero attached hydrogens (tertiary/aromatic N) is 1. The van der Waals surface area contributed by atoms with Gasteiger partial charge in [-0.1, -0.05) is 35.9 Å². The number of nitro groups is 1. The Balaban J connectivity index is 2.00. The van der Waals surface area contributed by atoms with E-state index in [1.807, 2.05) is 0 Å². The second-order valence-corrected chi connectivity index (χ2v) is 8.63. The summed E-state index contributed by atoms with van der Waals surface area (Å²) >= 11 is 5.88. The number of nitrogens with one attached hydrogen (secondary N) is 1. The fourth-order valence-corrected chi connectivity index (χ4v) is 4.16. The number of benzene rings is 3. The van der Waals surface area contributed by atoms with Crippen LogP contribution >= 0.6 is 11.6 Å². The minimum atomic E-state index is -4.54. The van der Waals surface area contributed by atoms with Crippen LogP contribution in [0, 0.1) is 10.1 Å². The Morgan fingerprint density at radius 3 is 1.81 bits per heavy atom. The summed E-state index contributed by atoms with van der Waals surface area (Å²) in [6, 6.07) is 13.4. The number of rotatable bonds is 6. The fourth-order valence-electron chi connectivity index (χ4n) is 2.82. The van der Waals surface area contributed by atoms with E-state index in [9.17, 15) is 31.7 Å². The molecule has 0 saturated heterocycles. The van der Waals surface area contributed by atoms with Crippen LogP contribution in [0.3, 0.4) is 0 Å². The Kier molecular flexibility index (Phi) is 6.35. The molecule has 1 unspecified atom stereocenters. The van der Waals surface area contributed by atoms with Gasteiger partial charge in [-0.05, 0) is 47.5 Å². The standard InChI is InChI=1S/C20H14ClF3N2O4S/c21-16-7-3-14(4-8-16)19(13-1-5-15(6-2-13)20(22,23)24)25-31(29,30)18-11-9-17(10-12-18)26(27)28/h1-12,19,25H. The zero-order valence-electron chi connectivity index (χ0n) is 15.5. The molecule has 0 heterocycles. The van der Waals surface area contributed by atoms with E-state index in [0.29, 0.717) is 10.6 Å². The predicted molar refractivity (Wildman–Crippen MR) is 108 cm³/mol. The van der Waals surface area contributed by atoms with Gasteiger partial charge in [0.15, 0.2) is 0 Å². The molecule has 0 aliphatic heterocycles. The summed E-state index contributed by atoms with van der Waals surface area (Å²) in [5.41, 5.74) is -0.448. The average molecular weight is 471 g/mol. The summed E-state index contributed by atoms with van der Waals surface area (Å²) in [5, 5.41) is 11.2. The summed E-state index contributed by atoms with van der Waals surface area (Å²) in [5.74, 6) is 0. The van der Waals surface area contributed by atoms with E-state index < -0.39 is 32.7 Å². The van der Waals surface area contributed by atoms with E-state index >= 15 is 0 Å². The van der Waals surface area contributed by atoms with Gasteiger partial charge in [-0.25, -0.2) is 8.42 Å². The van der Waals surface area contributed by atoms with Crippen LogP contribution < -0.4 is 4.72 Å². The van der Waals surface area contributed by atoms with Gasteiger partial charge in [0.2, 0.25) is 10.0 Å². The molecule has 0 bridgehead atoms. The third-order valence-electron chi connectivity index (χ3n) is 4.41. The van der Waals surface area contributed by atoms with E-state index in [1.54, 1.807) is 12.1 Å². The summed E-state index contributed by atoms with van der Waals surface area (Å²) < 4.78 is 66.9. The molecule has 3 aromatic carbocycles. The van der Waals surface area contributed by atoms with Gasteiger partial charge in [-0.15, -0.1) is 0 Å². The maximum atomic E-state index is 12.9. The number of sulfonamides is 1. The topological polar surface area (TPSA) is 89.3 Å². The van der Waals surface area contributed by atoms with E-state index in [-0.39, 0.29) is 16.1 Å². The van der Waals surface area contributed by atoms with Crippen LogP contribution in [0.15, 0.2) is 77.7 Å². The van der Waals surface area contributed by atoms with E-state index in [2.05, 4.69) is 4.72 Å². The molecule has 0 aromatic heterocycles. The molecule has 1 atom stereocenters. The lowest BCUT2D eigenvalue weighted by atomic mass is 9.98. The zero-order valence-corrected chi connectivity index (χ0v) is 17.1. The molecular weight excluding hydrogens is 457 g/mol. The van der Waals surface area contributed by atoms with Crippen molar-refractivity contribution in [3.8, 4) is 0 Å². The van der Waals surface area contributed by atoms with Crippen molar-refractivity contribution >= 4 is 27.3 Å². The smallest absolute Gasteiger partial charge is 0.258 e. The second-order valence-electron chi connectivity index (χ2n) is 6.48. The maximum absolute atomic E-state index is 12.9.